The highest BCUT2D eigenvalue weighted by Crippen LogP contribution is 2.20. The smallest absolute Gasteiger partial charge is 0.157 e. The first-order valence-corrected chi connectivity index (χ1v) is 5.84. The van der Waals surface area contributed by atoms with Gasteiger partial charge in [0.05, 0.1) is 5.02 Å². The topological polar surface area (TPSA) is 46.0 Å². The SMILES string of the molecule is Cc1cnc(C(O)Cc2ccc(F)c(Cl)c2)nc1. The Bertz CT molecular complexity index is 545. The van der Waals surface area contributed by atoms with E-state index in [0.29, 0.717) is 12.2 Å². The molecule has 0 saturated carbocycles. The second kappa shape index (κ2) is 5.42. The van der Waals surface area contributed by atoms with Gasteiger partial charge in [-0.3, -0.25) is 0 Å². The van der Waals surface area contributed by atoms with E-state index < -0.39 is 11.9 Å². The van der Waals surface area contributed by atoms with Crippen LogP contribution >= 0.6 is 11.6 Å². The van der Waals surface area contributed by atoms with Crippen molar-refractivity contribution in [3.05, 3.63) is 58.4 Å². The average molecular weight is 267 g/mol. The molecule has 1 aromatic carbocycles. The van der Waals surface area contributed by atoms with E-state index in [4.69, 9.17) is 11.6 Å². The minimum Gasteiger partial charge on any atom is -0.385 e. The highest BCUT2D eigenvalue weighted by Gasteiger charge is 2.12. The van der Waals surface area contributed by atoms with E-state index in [0.717, 1.165) is 11.1 Å². The molecular formula is C13H12ClFN2O. The second-order valence-electron chi connectivity index (χ2n) is 4.09. The Balaban J connectivity index is 2.13. The monoisotopic (exact) mass is 266 g/mol. The number of aliphatic hydroxyl groups excluding tert-OH is 1. The van der Waals surface area contributed by atoms with Crippen molar-refractivity contribution in [3.8, 4) is 0 Å². The van der Waals surface area contributed by atoms with Gasteiger partial charge in [-0.15, -0.1) is 0 Å². The van der Waals surface area contributed by atoms with Crippen LogP contribution in [-0.2, 0) is 6.42 Å². The van der Waals surface area contributed by atoms with Crippen LogP contribution in [-0.4, -0.2) is 15.1 Å². The maximum atomic E-state index is 13.0. The first-order valence-electron chi connectivity index (χ1n) is 5.47. The van der Waals surface area contributed by atoms with Gasteiger partial charge in [-0.2, -0.15) is 0 Å². The van der Waals surface area contributed by atoms with Crippen molar-refractivity contribution in [3.63, 3.8) is 0 Å². The number of nitrogens with zero attached hydrogens (tertiary/aromatic N) is 2. The third-order valence-electron chi connectivity index (χ3n) is 2.51. The summed E-state index contributed by atoms with van der Waals surface area (Å²) in [5.74, 6) is -0.123. The molecule has 2 rings (SSSR count). The van der Waals surface area contributed by atoms with Crippen LogP contribution < -0.4 is 0 Å². The van der Waals surface area contributed by atoms with Gasteiger partial charge in [0.1, 0.15) is 11.9 Å². The summed E-state index contributed by atoms with van der Waals surface area (Å²) in [7, 11) is 0. The van der Waals surface area contributed by atoms with Gasteiger partial charge in [0.2, 0.25) is 0 Å². The zero-order valence-corrected chi connectivity index (χ0v) is 10.5. The number of aryl methyl sites for hydroxylation is 1. The Morgan fingerprint density at radius 3 is 2.61 bits per heavy atom. The van der Waals surface area contributed by atoms with Gasteiger partial charge in [-0.05, 0) is 30.2 Å². The Morgan fingerprint density at radius 1 is 1.33 bits per heavy atom. The van der Waals surface area contributed by atoms with E-state index in [1.54, 1.807) is 18.5 Å². The van der Waals surface area contributed by atoms with Crippen LogP contribution in [0.15, 0.2) is 30.6 Å². The maximum absolute atomic E-state index is 13.0. The Morgan fingerprint density at radius 2 is 2.00 bits per heavy atom. The van der Waals surface area contributed by atoms with Crippen molar-refractivity contribution in [2.75, 3.05) is 0 Å². The fourth-order valence-corrected chi connectivity index (χ4v) is 1.76. The molecule has 0 saturated heterocycles. The zero-order chi connectivity index (χ0) is 13.1. The normalized spacial score (nSPS) is 12.4. The maximum Gasteiger partial charge on any atom is 0.157 e. The van der Waals surface area contributed by atoms with Crippen LogP contribution in [0.25, 0.3) is 0 Å². The predicted molar refractivity (Wildman–Crippen MR) is 66.8 cm³/mol. The van der Waals surface area contributed by atoms with Crippen molar-refractivity contribution in [1.29, 1.82) is 0 Å². The zero-order valence-electron chi connectivity index (χ0n) is 9.77. The summed E-state index contributed by atoms with van der Waals surface area (Å²) in [6.45, 7) is 1.87. The summed E-state index contributed by atoms with van der Waals surface area (Å²) in [5, 5.41) is 10.0. The van der Waals surface area contributed by atoms with Crippen LogP contribution in [0, 0.1) is 12.7 Å². The van der Waals surface area contributed by atoms with E-state index in [1.165, 1.54) is 12.1 Å². The first-order chi connectivity index (χ1) is 8.56. The fraction of sp³-hybridized carbons (Fsp3) is 0.231. The Labute approximate surface area is 109 Å². The Hall–Kier alpha value is -1.52. The third-order valence-corrected chi connectivity index (χ3v) is 2.80. The number of aliphatic hydroxyl groups is 1. The standard InChI is InChI=1S/C13H12ClFN2O/c1-8-6-16-13(17-7-8)12(18)5-9-2-3-11(15)10(14)4-9/h2-4,6-7,12,18H,5H2,1H3. The summed E-state index contributed by atoms with van der Waals surface area (Å²) in [6, 6.07) is 4.35. The van der Waals surface area contributed by atoms with E-state index in [9.17, 15) is 9.50 Å². The van der Waals surface area contributed by atoms with Crippen LogP contribution in [0.3, 0.4) is 0 Å². The highest BCUT2D eigenvalue weighted by atomic mass is 35.5. The van der Waals surface area contributed by atoms with Crippen molar-refractivity contribution in [2.24, 2.45) is 0 Å². The number of hydrogen-bond acceptors (Lipinski definition) is 3. The molecule has 0 spiro atoms. The average Bonchev–Trinajstić information content (AvgIpc) is 2.34. The number of rotatable bonds is 3. The molecule has 5 heteroatoms. The predicted octanol–water partition coefficient (Wildman–Crippen LogP) is 2.85. The summed E-state index contributed by atoms with van der Waals surface area (Å²) >= 11 is 5.68. The van der Waals surface area contributed by atoms with Crippen LogP contribution in [0.5, 0.6) is 0 Å². The Kier molecular flexibility index (Phi) is 3.89. The van der Waals surface area contributed by atoms with Gasteiger partial charge in [-0.25, -0.2) is 14.4 Å². The summed E-state index contributed by atoms with van der Waals surface area (Å²) in [6.07, 6.45) is 2.75. The quantitative estimate of drug-likeness (QED) is 0.929. The van der Waals surface area contributed by atoms with E-state index in [-0.39, 0.29) is 5.02 Å². The molecule has 0 bridgehead atoms. The van der Waals surface area contributed by atoms with Crippen molar-refractivity contribution >= 4 is 11.6 Å². The molecule has 0 radical (unpaired) electrons. The van der Waals surface area contributed by atoms with E-state index >= 15 is 0 Å². The molecule has 0 aliphatic carbocycles. The lowest BCUT2D eigenvalue weighted by atomic mass is 10.1. The molecule has 0 amide bonds. The lowest BCUT2D eigenvalue weighted by Crippen LogP contribution is -2.06. The molecule has 1 unspecified atom stereocenters. The molecule has 0 fully saturated rings. The van der Waals surface area contributed by atoms with Gasteiger partial charge in [0.15, 0.2) is 5.82 Å². The number of aromatic nitrogens is 2. The molecule has 1 N–H and O–H groups in total. The molecule has 2 aromatic rings. The minimum atomic E-state index is -0.827. The van der Waals surface area contributed by atoms with Gasteiger partial charge >= 0.3 is 0 Å². The summed E-state index contributed by atoms with van der Waals surface area (Å²) in [4.78, 5) is 8.09. The fourth-order valence-electron chi connectivity index (χ4n) is 1.56. The number of hydrogen-bond donors (Lipinski definition) is 1. The van der Waals surface area contributed by atoms with Gasteiger partial charge in [-0.1, -0.05) is 17.7 Å². The van der Waals surface area contributed by atoms with Crippen LogP contribution in [0.4, 0.5) is 4.39 Å². The van der Waals surface area contributed by atoms with Crippen LogP contribution in [0.2, 0.25) is 5.02 Å². The molecule has 1 atom stereocenters. The van der Waals surface area contributed by atoms with Gasteiger partial charge in [0.25, 0.3) is 0 Å². The van der Waals surface area contributed by atoms with Gasteiger partial charge in [0, 0.05) is 18.8 Å². The molecular weight excluding hydrogens is 255 g/mol. The van der Waals surface area contributed by atoms with Crippen molar-refractivity contribution in [1.82, 2.24) is 9.97 Å². The minimum absolute atomic E-state index is 0.0459. The van der Waals surface area contributed by atoms with Crippen LogP contribution in [0.1, 0.15) is 23.1 Å². The molecule has 0 aliphatic heterocycles. The lowest BCUT2D eigenvalue weighted by molar-refractivity contribution is 0.168. The molecule has 18 heavy (non-hydrogen) atoms. The van der Waals surface area contributed by atoms with Gasteiger partial charge < -0.3 is 5.11 Å². The molecule has 3 nitrogen and oxygen atoms in total. The molecule has 1 aromatic heterocycles. The van der Waals surface area contributed by atoms with E-state index in [2.05, 4.69) is 9.97 Å². The molecule has 0 aliphatic rings. The molecule has 94 valence electrons. The molecule has 1 heterocycles. The van der Waals surface area contributed by atoms with Crippen molar-refractivity contribution < 1.29 is 9.50 Å². The third kappa shape index (κ3) is 3.03. The second-order valence-corrected chi connectivity index (χ2v) is 4.49. The first kappa shape index (κ1) is 12.9. The van der Waals surface area contributed by atoms with Crippen molar-refractivity contribution in [2.45, 2.75) is 19.4 Å². The van der Waals surface area contributed by atoms with E-state index in [1.807, 2.05) is 6.92 Å². The lowest BCUT2D eigenvalue weighted by Gasteiger charge is -2.09. The number of halogens is 2. The number of benzene rings is 1. The summed E-state index contributed by atoms with van der Waals surface area (Å²) < 4.78 is 13.0. The highest BCUT2D eigenvalue weighted by molar-refractivity contribution is 6.30. The summed E-state index contributed by atoms with van der Waals surface area (Å²) in [5.41, 5.74) is 1.66. The largest absolute Gasteiger partial charge is 0.385 e.